The Bertz CT molecular complexity index is 749. The van der Waals surface area contributed by atoms with Crippen molar-refractivity contribution in [2.75, 3.05) is 6.54 Å². The van der Waals surface area contributed by atoms with Crippen molar-refractivity contribution in [1.29, 1.82) is 0 Å². The number of rotatable bonds is 5. The van der Waals surface area contributed by atoms with Crippen LogP contribution in [-0.2, 0) is 6.42 Å². The minimum absolute atomic E-state index is 0.181. The first kappa shape index (κ1) is 15.1. The van der Waals surface area contributed by atoms with Gasteiger partial charge in [-0.25, -0.2) is 9.78 Å². The lowest BCUT2D eigenvalue weighted by Gasteiger charge is -2.12. The Labute approximate surface area is 135 Å². The van der Waals surface area contributed by atoms with E-state index in [0.29, 0.717) is 6.54 Å². The molecule has 0 saturated carbocycles. The molecule has 2 amide bonds. The van der Waals surface area contributed by atoms with Crippen molar-refractivity contribution in [3.63, 3.8) is 0 Å². The van der Waals surface area contributed by atoms with E-state index in [1.807, 2.05) is 49.4 Å². The molecule has 1 atom stereocenters. The van der Waals surface area contributed by atoms with Gasteiger partial charge >= 0.3 is 6.03 Å². The average molecular weight is 308 g/mol. The van der Waals surface area contributed by atoms with Crippen molar-refractivity contribution >= 4 is 17.1 Å². The van der Waals surface area contributed by atoms with Crippen LogP contribution in [0.3, 0.4) is 0 Å². The van der Waals surface area contributed by atoms with Crippen LogP contribution in [0, 0.1) is 0 Å². The zero-order chi connectivity index (χ0) is 16.1. The van der Waals surface area contributed by atoms with Crippen LogP contribution in [0.4, 0.5) is 4.79 Å². The maximum Gasteiger partial charge on any atom is 0.315 e. The van der Waals surface area contributed by atoms with Gasteiger partial charge in [0.2, 0.25) is 0 Å². The summed E-state index contributed by atoms with van der Waals surface area (Å²) < 4.78 is 0. The second-order valence-corrected chi connectivity index (χ2v) is 5.50. The zero-order valence-electron chi connectivity index (χ0n) is 13.0. The van der Waals surface area contributed by atoms with Crippen LogP contribution in [0.15, 0.2) is 54.6 Å². The number of hydrogen-bond acceptors (Lipinski definition) is 2. The smallest absolute Gasteiger partial charge is 0.315 e. The molecule has 0 fully saturated rings. The monoisotopic (exact) mass is 308 g/mol. The Balaban J connectivity index is 1.51. The molecule has 0 aliphatic rings. The van der Waals surface area contributed by atoms with Gasteiger partial charge in [0.15, 0.2) is 0 Å². The molecule has 1 unspecified atom stereocenters. The third kappa shape index (κ3) is 3.88. The Kier molecular flexibility index (Phi) is 4.57. The second kappa shape index (κ2) is 6.96. The van der Waals surface area contributed by atoms with Crippen molar-refractivity contribution in [2.24, 2.45) is 0 Å². The molecule has 3 rings (SSSR count). The minimum Gasteiger partial charge on any atom is -0.340 e. The summed E-state index contributed by atoms with van der Waals surface area (Å²) in [7, 11) is 0. The highest BCUT2D eigenvalue weighted by Crippen LogP contribution is 2.15. The number of aromatic nitrogens is 2. The van der Waals surface area contributed by atoms with Crippen LogP contribution in [0.25, 0.3) is 11.0 Å². The molecule has 1 heterocycles. The summed E-state index contributed by atoms with van der Waals surface area (Å²) in [4.78, 5) is 19.7. The standard InChI is InChI=1S/C18H20N4O/c1-13(17-21-15-9-5-6-10-16(15)22-17)20-18(23)19-12-11-14-7-3-2-4-8-14/h2-10,13H,11-12H2,1H3,(H,21,22)(H2,19,20,23). The summed E-state index contributed by atoms with van der Waals surface area (Å²) in [6, 6.07) is 17.5. The lowest BCUT2D eigenvalue weighted by Crippen LogP contribution is -2.38. The molecule has 0 bridgehead atoms. The number of amides is 2. The highest BCUT2D eigenvalue weighted by atomic mass is 16.2. The van der Waals surface area contributed by atoms with E-state index < -0.39 is 0 Å². The molecule has 3 N–H and O–H groups in total. The summed E-state index contributed by atoms with van der Waals surface area (Å²) in [6.45, 7) is 2.51. The van der Waals surface area contributed by atoms with Gasteiger partial charge in [-0.1, -0.05) is 42.5 Å². The number of carbonyl (C=O) groups excluding carboxylic acids is 1. The predicted molar refractivity (Wildman–Crippen MR) is 91.2 cm³/mol. The van der Waals surface area contributed by atoms with Gasteiger partial charge in [-0.3, -0.25) is 0 Å². The lowest BCUT2D eigenvalue weighted by molar-refractivity contribution is 0.237. The van der Waals surface area contributed by atoms with E-state index in [-0.39, 0.29) is 12.1 Å². The zero-order valence-corrected chi connectivity index (χ0v) is 13.0. The molecular formula is C18H20N4O. The van der Waals surface area contributed by atoms with Gasteiger partial charge in [-0.05, 0) is 31.0 Å². The first-order valence-electron chi connectivity index (χ1n) is 7.75. The number of urea groups is 1. The Morgan fingerprint density at radius 3 is 2.65 bits per heavy atom. The summed E-state index contributed by atoms with van der Waals surface area (Å²) in [5, 5.41) is 5.77. The van der Waals surface area contributed by atoms with Crippen LogP contribution in [-0.4, -0.2) is 22.5 Å². The third-order valence-corrected chi connectivity index (χ3v) is 3.71. The summed E-state index contributed by atoms with van der Waals surface area (Å²) >= 11 is 0. The quantitative estimate of drug-likeness (QED) is 0.677. The van der Waals surface area contributed by atoms with E-state index in [1.165, 1.54) is 5.56 Å². The largest absolute Gasteiger partial charge is 0.340 e. The number of imidazole rings is 1. The number of hydrogen-bond donors (Lipinski definition) is 3. The van der Waals surface area contributed by atoms with E-state index in [4.69, 9.17) is 0 Å². The number of benzene rings is 2. The molecule has 118 valence electrons. The molecule has 5 nitrogen and oxygen atoms in total. The number of para-hydroxylation sites is 2. The van der Waals surface area contributed by atoms with Crippen LogP contribution in [0.1, 0.15) is 24.4 Å². The summed E-state index contributed by atoms with van der Waals surface area (Å²) in [6.07, 6.45) is 0.813. The summed E-state index contributed by atoms with van der Waals surface area (Å²) in [5.74, 6) is 0.754. The van der Waals surface area contributed by atoms with Crippen LogP contribution < -0.4 is 10.6 Å². The van der Waals surface area contributed by atoms with E-state index in [0.717, 1.165) is 23.3 Å². The highest BCUT2D eigenvalue weighted by molar-refractivity contribution is 5.76. The number of nitrogens with zero attached hydrogens (tertiary/aromatic N) is 1. The minimum atomic E-state index is -0.186. The number of fused-ring (bicyclic) bond motifs is 1. The van der Waals surface area contributed by atoms with Crippen molar-refractivity contribution in [3.8, 4) is 0 Å². The van der Waals surface area contributed by atoms with Crippen molar-refractivity contribution in [3.05, 3.63) is 66.0 Å². The Morgan fingerprint density at radius 1 is 1.13 bits per heavy atom. The van der Waals surface area contributed by atoms with Crippen molar-refractivity contribution in [2.45, 2.75) is 19.4 Å². The first-order valence-corrected chi connectivity index (χ1v) is 7.75. The average Bonchev–Trinajstić information content (AvgIpc) is 3.00. The number of carbonyl (C=O) groups is 1. The number of aromatic amines is 1. The van der Waals surface area contributed by atoms with Gasteiger partial charge in [0, 0.05) is 6.54 Å². The van der Waals surface area contributed by atoms with E-state index in [9.17, 15) is 4.79 Å². The lowest BCUT2D eigenvalue weighted by atomic mass is 10.1. The summed E-state index contributed by atoms with van der Waals surface area (Å²) in [5.41, 5.74) is 3.08. The molecule has 0 aliphatic carbocycles. The third-order valence-electron chi connectivity index (χ3n) is 3.71. The van der Waals surface area contributed by atoms with Gasteiger partial charge in [0.25, 0.3) is 0 Å². The van der Waals surface area contributed by atoms with Gasteiger partial charge < -0.3 is 15.6 Å². The maximum atomic E-state index is 12.0. The molecule has 0 spiro atoms. The van der Waals surface area contributed by atoms with Gasteiger partial charge in [-0.15, -0.1) is 0 Å². The number of H-pyrrole nitrogens is 1. The normalized spacial score (nSPS) is 12.0. The molecule has 2 aromatic carbocycles. The van der Waals surface area contributed by atoms with E-state index in [2.05, 4.69) is 32.7 Å². The van der Waals surface area contributed by atoms with Crippen molar-refractivity contribution in [1.82, 2.24) is 20.6 Å². The van der Waals surface area contributed by atoms with Crippen molar-refractivity contribution < 1.29 is 4.79 Å². The fourth-order valence-corrected chi connectivity index (χ4v) is 2.46. The fourth-order valence-electron chi connectivity index (χ4n) is 2.46. The van der Waals surface area contributed by atoms with Gasteiger partial charge in [0.1, 0.15) is 5.82 Å². The Hall–Kier alpha value is -2.82. The molecule has 23 heavy (non-hydrogen) atoms. The maximum absolute atomic E-state index is 12.0. The van der Waals surface area contributed by atoms with Crippen LogP contribution >= 0.6 is 0 Å². The fraction of sp³-hybridized carbons (Fsp3) is 0.222. The van der Waals surface area contributed by atoms with E-state index in [1.54, 1.807) is 0 Å². The molecule has 0 saturated heterocycles. The molecule has 0 aliphatic heterocycles. The molecule has 1 aromatic heterocycles. The van der Waals surface area contributed by atoms with Gasteiger partial charge in [0.05, 0.1) is 17.1 Å². The molecule has 5 heteroatoms. The SMILES string of the molecule is CC(NC(=O)NCCc1ccccc1)c1nc2ccccc2[nH]1. The van der Waals surface area contributed by atoms with Crippen LogP contribution in [0.5, 0.6) is 0 Å². The highest BCUT2D eigenvalue weighted by Gasteiger charge is 2.13. The molecule has 0 radical (unpaired) electrons. The topological polar surface area (TPSA) is 69.8 Å². The van der Waals surface area contributed by atoms with Crippen LogP contribution in [0.2, 0.25) is 0 Å². The molecular weight excluding hydrogens is 288 g/mol. The predicted octanol–water partition coefficient (Wildman–Crippen LogP) is 3.17. The number of nitrogens with one attached hydrogen (secondary N) is 3. The molecule has 3 aromatic rings. The van der Waals surface area contributed by atoms with Gasteiger partial charge in [-0.2, -0.15) is 0 Å². The van der Waals surface area contributed by atoms with E-state index >= 15 is 0 Å². The second-order valence-electron chi connectivity index (χ2n) is 5.50. The Morgan fingerprint density at radius 2 is 1.87 bits per heavy atom. The first-order chi connectivity index (χ1) is 11.2.